The van der Waals surface area contributed by atoms with E-state index in [9.17, 15) is 4.79 Å². The molecule has 0 radical (unpaired) electrons. The Kier molecular flexibility index (Phi) is 6.55. The van der Waals surface area contributed by atoms with Crippen molar-refractivity contribution in [3.05, 3.63) is 33.3 Å². The molecule has 1 aliphatic rings. The second-order valence-electron chi connectivity index (χ2n) is 4.60. The predicted octanol–water partition coefficient (Wildman–Crippen LogP) is 2.27. The van der Waals surface area contributed by atoms with Gasteiger partial charge in [0.25, 0.3) is 0 Å². The molecule has 1 aromatic carbocycles. The molecule has 1 atom stereocenters. The fourth-order valence-electron chi connectivity index (χ4n) is 2.28. The van der Waals surface area contributed by atoms with Gasteiger partial charge in [-0.2, -0.15) is 0 Å². The molecule has 0 saturated heterocycles. The molecule has 2 N–H and O–H groups in total. The standard InChI is InChI=1S/C13H16Cl2N2O2.ClH/c1-19-7-12(16)13(18)17-3-2-10-8(6-17)4-9(14)5-11(10)15;/h4-5,12H,2-3,6-7,16H2,1H3;1H. The Hall–Kier alpha value is -0.520. The largest absolute Gasteiger partial charge is 0.383 e. The van der Waals surface area contributed by atoms with Crippen LogP contribution in [0.2, 0.25) is 10.0 Å². The maximum atomic E-state index is 12.1. The van der Waals surface area contributed by atoms with Gasteiger partial charge in [-0.3, -0.25) is 4.79 Å². The zero-order valence-corrected chi connectivity index (χ0v) is 13.4. The van der Waals surface area contributed by atoms with Crippen LogP contribution in [0, 0.1) is 0 Å². The van der Waals surface area contributed by atoms with E-state index >= 15 is 0 Å². The molecule has 0 spiro atoms. The number of carbonyl (C=O) groups excluding carboxylic acids is 1. The van der Waals surface area contributed by atoms with Crippen molar-refractivity contribution < 1.29 is 9.53 Å². The Morgan fingerprint density at radius 2 is 2.20 bits per heavy atom. The van der Waals surface area contributed by atoms with Crippen LogP contribution in [0.1, 0.15) is 11.1 Å². The van der Waals surface area contributed by atoms with Crippen LogP contribution in [0.3, 0.4) is 0 Å². The third-order valence-electron chi connectivity index (χ3n) is 3.22. The minimum Gasteiger partial charge on any atom is -0.383 e. The monoisotopic (exact) mass is 338 g/mol. The molecule has 7 heteroatoms. The molecule has 1 amide bonds. The van der Waals surface area contributed by atoms with Gasteiger partial charge < -0.3 is 15.4 Å². The summed E-state index contributed by atoms with van der Waals surface area (Å²) < 4.78 is 4.91. The summed E-state index contributed by atoms with van der Waals surface area (Å²) in [7, 11) is 1.53. The number of methoxy groups -OCH3 is 1. The average molecular weight is 340 g/mol. The molecule has 0 fully saturated rings. The lowest BCUT2D eigenvalue weighted by Gasteiger charge is -2.31. The van der Waals surface area contributed by atoms with E-state index in [0.717, 1.165) is 17.5 Å². The Balaban J connectivity index is 0.00000200. The maximum absolute atomic E-state index is 12.1. The van der Waals surface area contributed by atoms with Gasteiger partial charge in [0.2, 0.25) is 5.91 Å². The second kappa shape index (κ2) is 7.48. The summed E-state index contributed by atoms with van der Waals surface area (Å²) in [6.07, 6.45) is 0.719. The van der Waals surface area contributed by atoms with Crippen molar-refractivity contribution in [3.63, 3.8) is 0 Å². The molecule has 1 heterocycles. The number of amides is 1. The van der Waals surface area contributed by atoms with Crippen molar-refractivity contribution in [1.29, 1.82) is 0 Å². The summed E-state index contributed by atoms with van der Waals surface area (Å²) in [5, 5.41) is 1.25. The smallest absolute Gasteiger partial charge is 0.242 e. The lowest BCUT2D eigenvalue weighted by atomic mass is 9.99. The summed E-state index contributed by atoms with van der Waals surface area (Å²) in [4.78, 5) is 13.8. The Morgan fingerprint density at radius 1 is 1.50 bits per heavy atom. The quantitative estimate of drug-likeness (QED) is 0.919. The van der Waals surface area contributed by atoms with E-state index in [0.29, 0.717) is 23.1 Å². The van der Waals surface area contributed by atoms with Gasteiger partial charge in [-0.05, 0) is 29.7 Å². The van der Waals surface area contributed by atoms with E-state index in [-0.39, 0.29) is 24.9 Å². The number of halogens is 3. The first-order valence-electron chi connectivity index (χ1n) is 6.03. The summed E-state index contributed by atoms with van der Waals surface area (Å²) in [6.45, 7) is 1.33. The number of carbonyl (C=O) groups is 1. The number of hydrogen-bond acceptors (Lipinski definition) is 3. The second-order valence-corrected chi connectivity index (χ2v) is 5.44. The van der Waals surface area contributed by atoms with Crippen LogP contribution in [0.25, 0.3) is 0 Å². The number of benzene rings is 1. The number of nitrogens with two attached hydrogens (primary N) is 1. The highest BCUT2D eigenvalue weighted by Gasteiger charge is 2.26. The molecule has 4 nitrogen and oxygen atoms in total. The Bertz CT molecular complexity index is 497. The lowest BCUT2D eigenvalue weighted by Crippen LogP contribution is -2.47. The SMILES string of the molecule is COCC(N)C(=O)N1CCc2c(Cl)cc(Cl)cc2C1.Cl. The zero-order chi connectivity index (χ0) is 14.0. The predicted molar refractivity (Wildman–Crippen MR) is 82.7 cm³/mol. The van der Waals surface area contributed by atoms with E-state index in [2.05, 4.69) is 0 Å². The van der Waals surface area contributed by atoms with E-state index in [1.807, 2.05) is 6.07 Å². The minimum absolute atomic E-state index is 0. The average Bonchev–Trinajstić information content (AvgIpc) is 2.37. The highest BCUT2D eigenvalue weighted by molar-refractivity contribution is 6.35. The molecular formula is C13H17Cl3N2O2. The van der Waals surface area contributed by atoms with Crippen LogP contribution in [-0.4, -0.2) is 37.1 Å². The van der Waals surface area contributed by atoms with E-state index in [1.165, 1.54) is 7.11 Å². The molecule has 0 saturated carbocycles. The van der Waals surface area contributed by atoms with Crippen LogP contribution in [0.15, 0.2) is 12.1 Å². The maximum Gasteiger partial charge on any atom is 0.242 e. The Morgan fingerprint density at radius 3 is 2.85 bits per heavy atom. The van der Waals surface area contributed by atoms with Crippen molar-refractivity contribution in [2.75, 3.05) is 20.3 Å². The Labute approximate surface area is 134 Å². The lowest BCUT2D eigenvalue weighted by molar-refractivity contribution is -0.134. The van der Waals surface area contributed by atoms with Crippen LogP contribution in [0.5, 0.6) is 0 Å². The number of nitrogens with zero attached hydrogens (tertiary/aromatic N) is 1. The molecule has 0 aliphatic carbocycles. The van der Waals surface area contributed by atoms with Gasteiger partial charge in [0.05, 0.1) is 6.61 Å². The normalized spacial score (nSPS) is 15.3. The van der Waals surface area contributed by atoms with Gasteiger partial charge in [0.15, 0.2) is 0 Å². The van der Waals surface area contributed by atoms with Gasteiger partial charge in [0.1, 0.15) is 6.04 Å². The van der Waals surface area contributed by atoms with Crippen LogP contribution in [0.4, 0.5) is 0 Å². The van der Waals surface area contributed by atoms with E-state index in [4.69, 9.17) is 33.7 Å². The molecule has 2 rings (SSSR count). The first-order valence-corrected chi connectivity index (χ1v) is 6.78. The van der Waals surface area contributed by atoms with Gasteiger partial charge >= 0.3 is 0 Å². The highest BCUT2D eigenvalue weighted by Crippen LogP contribution is 2.29. The fourth-order valence-corrected chi connectivity index (χ4v) is 2.91. The van der Waals surface area contributed by atoms with Crippen molar-refractivity contribution >= 4 is 41.5 Å². The first kappa shape index (κ1) is 17.5. The fraction of sp³-hybridized carbons (Fsp3) is 0.462. The summed E-state index contributed by atoms with van der Waals surface area (Å²) in [5.74, 6) is -0.108. The summed E-state index contributed by atoms with van der Waals surface area (Å²) >= 11 is 12.1. The molecule has 1 aliphatic heterocycles. The number of ether oxygens (including phenoxy) is 1. The number of hydrogen-bond donors (Lipinski definition) is 1. The third-order valence-corrected chi connectivity index (χ3v) is 3.78. The molecule has 112 valence electrons. The number of rotatable bonds is 3. The van der Waals surface area contributed by atoms with Gasteiger partial charge in [0, 0.05) is 30.2 Å². The highest BCUT2D eigenvalue weighted by atomic mass is 35.5. The van der Waals surface area contributed by atoms with Crippen LogP contribution < -0.4 is 5.73 Å². The van der Waals surface area contributed by atoms with Crippen LogP contribution in [-0.2, 0) is 22.5 Å². The van der Waals surface area contributed by atoms with Gasteiger partial charge in [-0.25, -0.2) is 0 Å². The number of fused-ring (bicyclic) bond motifs is 1. The van der Waals surface area contributed by atoms with Crippen molar-refractivity contribution in [2.24, 2.45) is 5.73 Å². The van der Waals surface area contributed by atoms with Crippen LogP contribution >= 0.6 is 35.6 Å². The van der Waals surface area contributed by atoms with Gasteiger partial charge in [-0.15, -0.1) is 12.4 Å². The van der Waals surface area contributed by atoms with Crippen molar-refractivity contribution in [1.82, 2.24) is 4.90 Å². The van der Waals surface area contributed by atoms with Gasteiger partial charge in [-0.1, -0.05) is 23.2 Å². The molecule has 0 bridgehead atoms. The summed E-state index contributed by atoms with van der Waals surface area (Å²) in [6, 6.07) is 2.96. The van der Waals surface area contributed by atoms with E-state index < -0.39 is 6.04 Å². The zero-order valence-electron chi connectivity index (χ0n) is 11.1. The minimum atomic E-state index is -0.624. The third kappa shape index (κ3) is 3.77. The molecule has 1 unspecified atom stereocenters. The molecule has 0 aromatic heterocycles. The van der Waals surface area contributed by atoms with Crippen molar-refractivity contribution in [3.8, 4) is 0 Å². The topological polar surface area (TPSA) is 55.6 Å². The first-order chi connectivity index (χ1) is 9.02. The molecule has 20 heavy (non-hydrogen) atoms. The molecular weight excluding hydrogens is 323 g/mol. The molecule has 1 aromatic rings. The van der Waals surface area contributed by atoms with Crippen molar-refractivity contribution in [2.45, 2.75) is 19.0 Å². The summed E-state index contributed by atoms with van der Waals surface area (Å²) in [5.41, 5.74) is 7.82. The van der Waals surface area contributed by atoms with E-state index in [1.54, 1.807) is 11.0 Å².